The molecule has 0 aliphatic carbocycles. The van der Waals surface area contributed by atoms with Crippen LogP contribution < -0.4 is 10.6 Å². The second kappa shape index (κ2) is 6.89. The summed E-state index contributed by atoms with van der Waals surface area (Å²) in [5.74, 6) is 0.161. The highest BCUT2D eigenvalue weighted by Crippen LogP contribution is 2.27. The molecule has 1 saturated heterocycles. The molecule has 0 radical (unpaired) electrons. The molecule has 1 fully saturated rings. The summed E-state index contributed by atoms with van der Waals surface area (Å²) in [6.45, 7) is 3.77. The van der Waals surface area contributed by atoms with Gasteiger partial charge in [-0.2, -0.15) is 13.2 Å². The lowest BCUT2D eigenvalue weighted by Gasteiger charge is -2.32. The fourth-order valence-electron chi connectivity index (χ4n) is 2.51. The average Bonchev–Trinajstić information content (AvgIpc) is 2.43. The van der Waals surface area contributed by atoms with Gasteiger partial charge in [-0.15, -0.1) is 0 Å². The average molecular weight is 318 g/mol. The van der Waals surface area contributed by atoms with Gasteiger partial charge in [-0.1, -0.05) is 0 Å². The highest BCUT2D eigenvalue weighted by atomic mass is 19.4. The van der Waals surface area contributed by atoms with Gasteiger partial charge < -0.3 is 15.7 Å². The van der Waals surface area contributed by atoms with Crippen LogP contribution in [0.4, 0.5) is 13.2 Å². The summed E-state index contributed by atoms with van der Waals surface area (Å²) in [5, 5.41) is 16.5. The Morgan fingerprint density at radius 2 is 2.18 bits per heavy atom. The number of hydrogen-bond donors (Lipinski definition) is 3. The largest absolute Gasteiger partial charge is 0.433 e. The van der Waals surface area contributed by atoms with Gasteiger partial charge in [0.1, 0.15) is 11.5 Å². The maximum atomic E-state index is 12.7. The molecule has 1 aliphatic rings. The standard InChI is InChI=1S/C14H21F3N4O/c1-10-7-11(14(15,16)17)21-12(20-10)3-6-19-9-13(22)4-2-5-18-8-13/h7,18-19,22H,2-6,8-9H2,1H3. The Hall–Kier alpha value is -1.25. The number of aryl methyl sites for hydroxylation is 1. The molecule has 0 amide bonds. The third-order valence-corrected chi connectivity index (χ3v) is 3.62. The molecular formula is C14H21F3N4O. The number of aromatic nitrogens is 2. The number of hydrogen-bond acceptors (Lipinski definition) is 5. The van der Waals surface area contributed by atoms with E-state index in [4.69, 9.17) is 0 Å². The van der Waals surface area contributed by atoms with Crippen molar-refractivity contribution < 1.29 is 18.3 Å². The lowest BCUT2D eigenvalue weighted by molar-refractivity contribution is -0.141. The van der Waals surface area contributed by atoms with Crippen molar-refractivity contribution in [2.75, 3.05) is 26.2 Å². The van der Waals surface area contributed by atoms with Gasteiger partial charge in [-0.05, 0) is 32.4 Å². The van der Waals surface area contributed by atoms with Crippen molar-refractivity contribution in [2.24, 2.45) is 0 Å². The number of nitrogens with zero attached hydrogens (tertiary/aromatic N) is 2. The molecule has 1 atom stereocenters. The Kier molecular flexibility index (Phi) is 5.36. The smallest absolute Gasteiger partial charge is 0.387 e. The van der Waals surface area contributed by atoms with Crippen LogP contribution >= 0.6 is 0 Å². The van der Waals surface area contributed by atoms with Crippen LogP contribution in [0, 0.1) is 6.92 Å². The lowest BCUT2D eigenvalue weighted by atomic mass is 9.94. The second-order valence-electron chi connectivity index (χ2n) is 5.74. The highest BCUT2D eigenvalue weighted by molar-refractivity contribution is 5.13. The van der Waals surface area contributed by atoms with Crippen LogP contribution in [0.2, 0.25) is 0 Å². The predicted molar refractivity (Wildman–Crippen MR) is 75.4 cm³/mol. The first kappa shape index (κ1) is 17.1. The topological polar surface area (TPSA) is 70.1 Å². The van der Waals surface area contributed by atoms with E-state index in [0.29, 0.717) is 31.7 Å². The van der Waals surface area contributed by atoms with Gasteiger partial charge in [0, 0.05) is 31.7 Å². The van der Waals surface area contributed by atoms with Gasteiger partial charge in [-0.25, -0.2) is 9.97 Å². The summed E-state index contributed by atoms with van der Waals surface area (Å²) in [6.07, 6.45) is -2.55. The zero-order valence-electron chi connectivity index (χ0n) is 12.5. The van der Waals surface area contributed by atoms with Crippen LogP contribution in [0.1, 0.15) is 30.1 Å². The van der Waals surface area contributed by atoms with Gasteiger partial charge in [-0.3, -0.25) is 0 Å². The zero-order chi connectivity index (χ0) is 16.2. The Morgan fingerprint density at radius 3 is 2.82 bits per heavy atom. The molecule has 0 aromatic carbocycles. The molecule has 8 heteroatoms. The number of alkyl halides is 3. The first-order valence-electron chi connectivity index (χ1n) is 7.34. The monoisotopic (exact) mass is 318 g/mol. The van der Waals surface area contributed by atoms with E-state index in [1.807, 2.05) is 0 Å². The first-order valence-corrected chi connectivity index (χ1v) is 7.34. The Balaban J connectivity index is 1.85. The van der Waals surface area contributed by atoms with Gasteiger partial charge in [0.05, 0.1) is 5.60 Å². The molecule has 0 spiro atoms. The second-order valence-corrected chi connectivity index (χ2v) is 5.74. The minimum atomic E-state index is -4.46. The van der Waals surface area contributed by atoms with Crippen LogP contribution in [0.25, 0.3) is 0 Å². The number of halogens is 3. The summed E-state index contributed by atoms with van der Waals surface area (Å²) >= 11 is 0. The van der Waals surface area contributed by atoms with Crippen molar-refractivity contribution >= 4 is 0 Å². The minimum absolute atomic E-state index is 0.161. The van der Waals surface area contributed by atoms with E-state index in [0.717, 1.165) is 19.0 Å². The molecule has 1 unspecified atom stereocenters. The molecular weight excluding hydrogens is 297 g/mol. The number of nitrogens with one attached hydrogen (secondary N) is 2. The normalized spacial score (nSPS) is 22.8. The molecule has 3 N–H and O–H groups in total. The minimum Gasteiger partial charge on any atom is -0.387 e. The van der Waals surface area contributed by atoms with Crippen molar-refractivity contribution in [1.29, 1.82) is 0 Å². The SMILES string of the molecule is Cc1cc(C(F)(F)F)nc(CCNCC2(O)CCCNC2)n1. The number of β-amino-alcohol motifs (C(OH)–C–C–N with tert-alkyl or cyclic N) is 1. The number of rotatable bonds is 5. The third kappa shape index (κ3) is 4.89. The molecule has 124 valence electrons. The van der Waals surface area contributed by atoms with Crippen LogP contribution in [0.5, 0.6) is 0 Å². The molecule has 1 aromatic heterocycles. The number of aliphatic hydroxyl groups is 1. The molecule has 2 heterocycles. The summed E-state index contributed by atoms with van der Waals surface area (Å²) < 4.78 is 38.1. The third-order valence-electron chi connectivity index (χ3n) is 3.62. The molecule has 22 heavy (non-hydrogen) atoms. The summed E-state index contributed by atoms with van der Waals surface area (Å²) in [6, 6.07) is 0.938. The van der Waals surface area contributed by atoms with Crippen molar-refractivity contribution in [2.45, 2.75) is 38.0 Å². The Labute approximate surface area is 127 Å². The first-order chi connectivity index (χ1) is 10.3. The summed E-state index contributed by atoms with van der Waals surface area (Å²) in [4.78, 5) is 7.58. The maximum Gasteiger partial charge on any atom is 0.433 e. The quantitative estimate of drug-likeness (QED) is 0.708. The molecule has 1 aromatic rings. The van der Waals surface area contributed by atoms with Crippen molar-refractivity contribution in [3.63, 3.8) is 0 Å². The van der Waals surface area contributed by atoms with Crippen LogP contribution in [-0.4, -0.2) is 46.9 Å². The fourth-order valence-corrected chi connectivity index (χ4v) is 2.51. The van der Waals surface area contributed by atoms with Gasteiger partial charge in [0.15, 0.2) is 0 Å². The summed E-state index contributed by atoms with van der Waals surface area (Å²) in [5.41, 5.74) is -1.40. The van der Waals surface area contributed by atoms with E-state index in [-0.39, 0.29) is 12.2 Å². The van der Waals surface area contributed by atoms with E-state index in [1.165, 1.54) is 6.92 Å². The fraction of sp³-hybridized carbons (Fsp3) is 0.714. The summed E-state index contributed by atoms with van der Waals surface area (Å²) in [7, 11) is 0. The number of piperidine rings is 1. The van der Waals surface area contributed by atoms with Gasteiger partial charge >= 0.3 is 6.18 Å². The van der Waals surface area contributed by atoms with E-state index in [2.05, 4.69) is 20.6 Å². The molecule has 0 bridgehead atoms. The maximum absolute atomic E-state index is 12.7. The van der Waals surface area contributed by atoms with Crippen molar-refractivity contribution in [3.05, 3.63) is 23.3 Å². The van der Waals surface area contributed by atoms with Crippen LogP contribution in [-0.2, 0) is 12.6 Å². The van der Waals surface area contributed by atoms with Crippen molar-refractivity contribution in [1.82, 2.24) is 20.6 Å². The van der Waals surface area contributed by atoms with Gasteiger partial charge in [0.25, 0.3) is 0 Å². The molecule has 2 rings (SSSR count). The van der Waals surface area contributed by atoms with E-state index in [9.17, 15) is 18.3 Å². The Bertz CT molecular complexity index is 501. The zero-order valence-corrected chi connectivity index (χ0v) is 12.5. The molecule has 1 aliphatic heterocycles. The predicted octanol–water partition coefficient (Wildman–Crippen LogP) is 1.05. The molecule has 5 nitrogen and oxygen atoms in total. The van der Waals surface area contributed by atoms with E-state index >= 15 is 0 Å². The van der Waals surface area contributed by atoms with E-state index < -0.39 is 17.5 Å². The van der Waals surface area contributed by atoms with Crippen LogP contribution in [0.3, 0.4) is 0 Å². The molecule has 0 saturated carbocycles. The van der Waals surface area contributed by atoms with Gasteiger partial charge in [0.2, 0.25) is 0 Å². The Morgan fingerprint density at radius 1 is 1.41 bits per heavy atom. The van der Waals surface area contributed by atoms with Crippen LogP contribution in [0.15, 0.2) is 6.07 Å². The lowest BCUT2D eigenvalue weighted by Crippen LogP contribution is -2.52. The van der Waals surface area contributed by atoms with E-state index in [1.54, 1.807) is 0 Å². The van der Waals surface area contributed by atoms with Crippen molar-refractivity contribution in [3.8, 4) is 0 Å². The highest BCUT2D eigenvalue weighted by Gasteiger charge is 2.33.